The number of anilines is 1. The number of ether oxygens (including phenoxy) is 1. The lowest BCUT2D eigenvalue weighted by Gasteiger charge is -2.12. The van der Waals surface area contributed by atoms with E-state index in [1.807, 2.05) is 43.3 Å². The van der Waals surface area contributed by atoms with Gasteiger partial charge >= 0.3 is 5.97 Å². The molecule has 0 saturated heterocycles. The summed E-state index contributed by atoms with van der Waals surface area (Å²) in [6.45, 7) is 5.15. The molecule has 3 aromatic rings. The Balaban J connectivity index is 1.62. The molecule has 0 amide bonds. The van der Waals surface area contributed by atoms with Crippen molar-refractivity contribution in [3.05, 3.63) is 94.5 Å². The van der Waals surface area contributed by atoms with E-state index < -0.39 is 5.97 Å². The summed E-state index contributed by atoms with van der Waals surface area (Å²) >= 11 is 0. The Morgan fingerprint density at radius 2 is 1.78 bits per heavy atom. The van der Waals surface area contributed by atoms with Crippen LogP contribution in [0.2, 0.25) is 0 Å². The van der Waals surface area contributed by atoms with Crippen molar-refractivity contribution >= 4 is 11.7 Å². The second kappa shape index (κ2) is 8.41. The molecule has 3 rings (SSSR count). The summed E-state index contributed by atoms with van der Waals surface area (Å²) in [6, 6.07) is 21.3. The minimum absolute atomic E-state index is 0.296. The van der Waals surface area contributed by atoms with E-state index >= 15 is 0 Å². The monoisotopic (exact) mass is 361 g/mol. The van der Waals surface area contributed by atoms with E-state index in [0.29, 0.717) is 18.7 Å². The summed E-state index contributed by atoms with van der Waals surface area (Å²) < 4.78 is 5.94. The van der Waals surface area contributed by atoms with Gasteiger partial charge in [-0.3, -0.25) is 0 Å². The lowest BCUT2D eigenvalue weighted by atomic mass is 10.1. The highest BCUT2D eigenvalue weighted by Crippen LogP contribution is 2.20. The Kier molecular flexibility index (Phi) is 5.77. The van der Waals surface area contributed by atoms with Crippen LogP contribution in [-0.4, -0.2) is 11.1 Å². The van der Waals surface area contributed by atoms with Gasteiger partial charge in [0.25, 0.3) is 0 Å². The zero-order valence-electron chi connectivity index (χ0n) is 15.5. The predicted octanol–water partition coefficient (Wildman–Crippen LogP) is 5.19. The van der Waals surface area contributed by atoms with E-state index in [-0.39, 0.29) is 0 Å². The molecule has 27 heavy (non-hydrogen) atoms. The first-order valence-electron chi connectivity index (χ1n) is 8.87. The lowest BCUT2D eigenvalue weighted by molar-refractivity contribution is 0.0697. The summed E-state index contributed by atoms with van der Waals surface area (Å²) in [4.78, 5) is 11.0. The van der Waals surface area contributed by atoms with Crippen LogP contribution in [0, 0.1) is 13.8 Å². The maximum atomic E-state index is 11.0. The van der Waals surface area contributed by atoms with E-state index in [9.17, 15) is 4.79 Å². The zero-order valence-corrected chi connectivity index (χ0v) is 15.5. The van der Waals surface area contributed by atoms with Crippen molar-refractivity contribution in [3.63, 3.8) is 0 Å². The SMILES string of the molecule is Cc1ccccc1COc1cccc(CNc2ccc(C(=O)O)cc2C)c1. The largest absolute Gasteiger partial charge is 0.489 e. The number of aromatic carboxylic acids is 1. The number of nitrogens with one attached hydrogen (secondary N) is 1. The van der Waals surface area contributed by atoms with Gasteiger partial charge in [0.1, 0.15) is 12.4 Å². The van der Waals surface area contributed by atoms with E-state index in [1.165, 1.54) is 11.1 Å². The molecule has 4 nitrogen and oxygen atoms in total. The second-order valence-corrected chi connectivity index (χ2v) is 6.55. The minimum Gasteiger partial charge on any atom is -0.489 e. The third-order valence-corrected chi connectivity index (χ3v) is 4.51. The smallest absolute Gasteiger partial charge is 0.335 e. The number of aryl methyl sites for hydroxylation is 2. The Morgan fingerprint density at radius 1 is 0.963 bits per heavy atom. The van der Waals surface area contributed by atoms with Crippen LogP contribution in [0.1, 0.15) is 32.6 Å². The number of hydrogen-bond acceptors (Lipinski definition) is 3. The Bertz CT molecular complexity index is 950. The lowest BCUT2D eigenvalue weighted by Crippen LogP contribution is -2.04. The van der Waals surface area contributed by atoms with Gasteiger partial charge in [-0.15, -0.1) is 0 Å². The summed E-state index contributed by atoms with van der Waals surface area (Å²) in [6.07, 6.45) is 0. The van der Waals surface area contributed by atoms with Crippen molar-refractivity contribution in [2.75, 3.05) is 5.32 Å². The van der Waals surface area contributed by atoms with Gasteiger partial charge in [0.15, 0.2) is 0 Å². The van der Waals surface area contributed by atoms with Crippen LogP contribution in [0.3, 0.4) is 0 Å². The molecule has 4 heteroatoms. The number of carboxylic acids is 1. The summed E-state index contributed by atoms with van der Waals surface area (Å²) in [5, 5.41) is 12.4. The standard InChI is InChI=1S/C23H23NO3/c1-16-6-3-4-8-20(16)15-27-21-9-5-7-18(13-21)14-24-22-11-10-19(23(25)26)12-17(22)2/h3-13,24H,14-15H2,1-2H3,(H,25,26). The van der Waals surface area contributed by atoms with Gasteiger partial charge < -0.3 is 15.2 Å². The average molecular weight is 361 g/mol. The van der Waals surface area contributed by atoms with Crippen LogP contribution in [0.25, 0.3) is 0 Å². The normalized spacial score (nSPS) is 10.4. The molecule has 0 heterocycles. The quantitative estimate of drug-likeness (QED) is 0.608. The summed E-state index contributed by atoms with van der Waals surface area (Å²) in [5.41, 5.74) is 5.61. The molecule has 0 aliphatic rings. The average Bonchev–Trinajstić information content (AvgIpc) is 2.66. The first-order chi connectivity index (χ1) is 13.0. The molecule has 0 aliphatic carbocycles. The first kappa shape index (κ1) is 18.5. The molecular weight excluding hydrogens is 338 g/mol. The topological polar surface area (TPSA) is 58.6 Å². The van der Waals surface area contributed by atoms with Crippen LogP contribution in [0.4, 0.5) is 5.69 Å². The third kappa shape index (κ3) is 4.88. The molecule has 0 radical (unpaired) electrons. The zero-order chi connectivity index (χ0) is 19.2. The molecule has 0 fully saturated rings. The van der Waals surface area contributed by atoms with E-state index in [0.717, 1.165) is 22.6 Å². The number of rotatable bonds is 7. The van der Waals surface area contributed by atoms with Crippen molar-refractivity contribution in [3.8, 4) is 5.75 Å². The number of hydrogen-bond donors (Lipinski definition) is 2. The fourth-order valence-electron chi connectivity index (χ4n) is 2.87. The van der Waals surface area contributed by atoms with Gasteiger partial charge in [-0.1, -0.05) is 36.4 Å². The molecule has 138 valence electrons. The van der Waals surface area contributed by atoms with Gasteiger partial charge in [0.2, 0.25) is 0 Å². The highest BCUT2D eigenvalue weighted by Gasteiger charge is 2.06. The van der Waals surface area contributed by atoms with E-state index in [4.69, 9.17) is 9.84 Å². The summed E-state index contributed by atoms with van der Waals surface area (Å²) in [5.74, 6) is -0.0846. The van der Waals surface area contributed by atoms with Crippen LogP contribution in [0.15, 0.2) is 66.7 Å². The highest BCUT2D eigenvalue weighted by molar-refractivity contribution is 5.88. The van der Waals surface area contributed by atoms with Crippen molar-refractivity contribution < 1.29 is 14.6 Å². The molecule has 3 aromatic carbocycles. The number of carbonyl (C=O) groups is 1. The molecule has 0 aliphatic heterocycles. The maximum Gasteiger partial charge on any atom is 0.335 e. The van der Waals surface area contributed by atoms with E-state index in [1.54, 1.807) is 18.2 Å². The van der Waals surface area contributed by atoms with Crippen LogP contribution < -0.4 is 10.1 Å². The van der Waals surface area contributed by atoms with E-state index in [2.05, 4.69) is 24.4 Å². The highest BCUT2D eigenvalue weighted by atomic mass is 16.5. The fourth-order valence-corrected chi connectivity index (χ4v) is 2.87. The Hall–Kier alpha value is -3.27. The van der Waals surface area contributed by atoms with Crippen LogP contribution in [0.5, 0.6) is 5.75 Å². The predicted molar refractivity (Wildman–Crippen MR) is 107 cm³/mol. The van der Waals surface area contributed by atoms with Gasteiger partial charge in [0.05, 0.1) is 5.56 Å². The van der Waals surface area contributed by atoms with Crippen molar-refractivity contribution in [2.45, 2.75) is 27.0 Å². The Labute approximate surface area is 159 Å². The fraction of sp³-hybridized carbons (Fsp3) is 0.174. The molecule has 0 unspecified atom stereocenters. The third-order valence-electron chi connectivity index (χ3n) is 4.51. The number of benzene rings is 3. The molecule has 2 N–H and O–H groups in total. The van der Waals surface area contributed by atoms with Crippen molar-refractivity contribution in [1.82, 2.24) is 0 Å². The van der Waals surface area contributed by atoms with Gasteiger partial charge in [-0.25, -0.2) is 4.79 Å². The second-order valence-electron chi connectivity index (χ2n) is 6.55. The first-order valence-corrected chi connectivity index (χ1v) is 8.87. The maximum absolute atomic E-state index is 11.0. The molecule has 0 atom stereocenters. The molecule has 0 bridgehead atoms. The van der Waals surface area contributed by atoms with Crippen molar-refractivity contribution in [1.29, 1.82) is 0 Å². The number of carboxylic acid groups (broad SMARTS) is 1. The molecule has 0 aromatic heterocycles. The minimum atomic E-state index is -0.914. The van der Waals surface area contributed by atoms with Crippen LogP contribution >= 0.6 is 0 Å². The molecule has 0 saturated carbocycles. The van der Waals surface area contributed by atoms with Gasteiger partial charge in [-0.2, -0.15) is 0 Å². The van der Waals surface area contributed by atoms with Gasteiger partial charge in [-0.05, 0) is 66.4 Å². The summed E-state index contributed by atoms with van der Waals surface area (Å²) in [7, 11) is 0. The van der Waals surface area contributed by atoms with Gasteiger partial charge in [0, 0.05) is 12.2 Å². The molecular formula is C23H23NO3. The Morgan fingerprint density at radius 3 is 2.52 bits per heavy atom. The van der Waals surface area contributed by atoms with Crippen LogP contribution in [-0.2, 0) is 13.2 Å². The van der Waals surface area contributed by atoms with Crippen molar-refractivity contribution in [2.24, 2.45) is 0 Å². The molecule has 0 spiro atoms.